The maximum atomic E-state index is 13.4. The maximum absolute atomic E-state index is 13.4. The van der Waals surface area contributed by atoms with Crippen LogP contribution >= 0.6 is 105 Å². The minimum absolute atomic E-state index is 0.0525. The Labute approximate surface area is 392 Å². The lowest BCUT2D eigenvalue weighted by molar-refractivity contribution is 0.0981. The second-order valence-corrected chi connectivity index (χ2v) is 27.5. The largest absolute Gasteiger partial charge is 0.507 e. The molecule has 0 aliphatic heterocycles. The average molecular weight is 1150 g/mol. The van der Waals surface area contributed by atoms with Crippen molar-refractivity contribution in [3.05, 3.63) is 177 Å². The molecule has 16 heteroatoms. The fraction of sp³-hybridized carbons (Fsp3) is 0.0952. The Morgan fingerprint density at radius 3 is 1.59 bits per heavy atom. The molecule has 0 aromatic heterocycles. The molecular weight excluding hydrogens is 1120 g/mol. The molecule has 0 aliphatic carbocycles. The van der Waals surface area contributed by atoms with Crippen LogP contribution < -0.4 is 8.37 Å². The van der Waals surface area contributed by atoms with Gasteiger partial charge in [-0.1, -0.05) is 89.9 Å². The summed E-state index contributed by atoms with van der Waals surface area (Å²) in [5.74, 6) is 1.18. The highest BCUT2D eigenvalue weighted by atomic mass is 127. The van der Waals surface area contributed by atoms with Crippen molar-refractivity contribution in [1.82, 2.24) is 0 Å². The fourth-order valence-corrected chi connectivity index (χ4v) is 10.5. The van der Waals surface area contributed by atoms with E-state index in [4.69, 9.17) is 34.1 Å². The van der Waals surface area contributed by atoms with Gasteiger partial charge in [-0.2, -0.15) is 0 Å². The van der Waals surface area contributed by atoms with Crippen LogP contribution in [0.1, 0.15) is 53.5 Å². The molecule has 6 aromatic rings. The molecule has 4 atom stereocenters. The number of benzene rings is 6. The van der Waals surface area contributed by atoms with Crippen LogP contribution in [-0.2, 0) is 15.1 Å². The first-order valence-electron chi connectivity index (χ1n) is 17.9. The highest BCUT2D eigenvalue weighted by Gasteiger charge is 2.27. The summed E-state index contributed by atoms with van der Waals surface area (Å²) in [6, 6.07) is 39.4. The van der Waals surface area contributed by atoms with Gasteiger partial charge in [-0.25, -0.2) is 0 Å². The molecule has 6 nitrogen and oxygen atoms in total. The Kier molecular flexibility index (Phi) is 17.2. The van der Waals surface area contributed by atoms with Gasteiger partial charge in [0.25, 0.3) is 0 Å². The number of carbonyl (C=O) groups is 2. The zero-order valence-electron chi connectivity index (χ0n) is 32.4. The van der Waals surface area contributed by atoms with Crippen LogP contribution in [0.5, 0.6) is 23.0 Å². The van der Waals surface area contributed by atoms with Gasteiger partial charge < -0.3 is 18.6 Å². The van der Waals surface area contributed by atoms with Gasteiger partial charge in [0.2, 0.25) is 0 Å². The number of aryl methyl sites for hydroxylation is 2. The molecule has 0 spiro atoms. The molecule has 0 saturated heterocycles. The Hall–Kier alpha value is -2.10. The lowest BCUT2D eigenvalue weighted by atomic mass is 10.0. The summed E-state index contributed by atoms with van der Waals surface area (Å²) in [4.78, 5) is 27.9. The van der Waals surface area contributed by atoms with Crippen molar-refractivity contribution >= 4 is 132 Å². The normalized spacial score (nSPS) is 13.6. The quantitative estimate of drug-likeness (QED) is 0.0482. The topological polar surface area (TPSA) is 93.1 Å². The summed E-state index contributed by atoms with van der Waals surface area (Å²) < 4.78 is 25.9. The second-order valence-electron chi connectivity index (χ2n) is 12.3. The maximum Gasteiger partial charge on any atom is 0.180 e. The first-order chi connectivity index (χ1) is 28.8. The third-order valence-corrected chi connectivity index (χ3v) is 14.1. The summed E-state index contributed by atoms with van der Waals surface area (Å²) in [6.45, 7) is 3.72. The van der Waals surface area contributed by atoms with Gasteiger partial charge in [-0.3, -0.25) is 9.59 Å². The summed E-state index contributed by atoms with van der Waals surface area (Å²) in [7, 11) is -0.258. The van der Waals surface area contributed by atoms with Gasteiger partial charge in [0.1, 0.15) is 25.6 Å². The van der Waals surface area contributed by atoms with E-state index in [0.29, 0.717) is 58.4 Å². The number of phenolic OH excluding ortho intramolecular Hbond substituents is 2. The third kappa shape index (κ3) is 13.2. The molecule has 0 radical (unpaired) electrons. The number of phenols is 2. The predicted octanol–water partition coefficient (Wildman–Crippen LogP) is 14.8. The summed E-state index contributed by atoms with van der Waals surface area (Å²) in [6.07, 6.45) is 0. The molecular formula is C42H34Cl2I2O6P2S4. The zero-order valence-corrected chi connectivity index (χ0v) is 41.3. The van der Waals surface area contributed by atoms with Crippen LogP contribution in [-0.4, -0.2) is 24.3 Å². The molecule has 4 unspecified atom stereocenters. The Morgan fingerprint density at radius 2 is 1.12 bits per heavy atom. The van der Waals surface area contributed by atoms with E-state index in [-0.39, 0.29) is 23.1 Å². The van der Waals surface area contributed by atoms with Crippen molar-refractivity contribution in [2.45, 2.75) is 34.1 Å². The second kappa shape index (κ2) is 22.7. The number of hydrogen-bond acceptors (Lipinski definition) is 8. The van der Waals surface area contributed by atoms with E-state index in [9.17, 15) is 19.8 Å². The predicted molar refractivity (Wildman–Crippen MR) is 268 cm³/mol. The molecule has 58 heavy (non-hydrogen) atoms. The molecule has 0 amide bonds. The molecule has 0 fully saturated rings. The van der Waals surface area contributed by atoms with Crippen LogP contribution in [0.15, 0.2) is 143 Å². The first-order valence-corrected chi connectivity index (χ1v) is 29.0. The third-order valence-electron chi connectivity index (χ3n) is 8.28. The molecule has 300 valence electrons. The first kappa shape index (κ1) is 44.0. The van der Waals surface area contributed by atoms with E-state index in [0.717, 1.165) is 22.3 Å². The lowest BCUT2D eigenvalue weighted by Gasteiger charge is -2.18. The van der Waals surface area contributed by atoms with Crippen molar-refractivity contribution < 1.29 is 28.2 Å². The van der Waals surface area contributed by atoms with Gasteiger partial charge >= 0.3 is 0 Å². The molecule has 0 aliphatic rings. The number of halogens is 4. The van der Waals surface area contributed by atoms with Crippen LogP contribution in [0.3, 0.4) is 0 Å². The van der Waals surface area contributed by atoms with Gasteiger partial charge in [-0.05, 0) is 119 Å². The molecule has 6 rings (SSSR count). The lowest BCUT2D eigenvalue weighted by Crippen LogP contribution is -2.10. The SMILES string of the molecule is [3H]P=S(I)Oc1ccc(C(=O)C(Sc2c(O)ccc(C)c2Cl)c2ccccc2)cc1.[3H]P=S(I)Oc1ccc(C(=O)C(Sc2cc(C)c(Cl)cc2O)c2ccccc2)cc1. The van der Waals surface area contributed by atoms with E-state index in [1.165, 1.54) is 29.6 Å². The minimum Gasteiger partial charge on any atom is -0.507 e. The van der Waals surface area contributed by atoms with E-state index in [1.807, 2.05) is 74.5 Å². The van der Waals surface area contributed by atoms with Gasteiger partial charge in [0, 0.05) is 58.6 Å². The standard InChI is InChI=1S/2C21H17ClIO3PS2/c1-13-7-12-17(24)21(18(13)22)28-20(15-5-3-2-4-6-15)19(25)14-8-10-16(11-9-14)26-29(23)27;1-13-11-19(18(24)12-17(13)22)28-21(15-5-3-2-4-6-15)20(25)14-7-9-16(10-8-14)26-29(23)27/h2-12,20,24,27H,1H3;2-12,21,24,27H,1H3/i2*27T. The van der Waals surface area contributed by atoms with Crippen molar-refractivity contribution in [2.24, 2.45) is 0 Å². The molecule has 0 heterocycles. The fourth-order valence-electron chi connectivity index (χ4n) is 5.35. The Morgan fingerprint density at radius 1 is 0.655 bits per heavy atom. The Bertz CT molecular complexity index is 2510. The molecule has 2 N–H and O–H groups in total. The number of Topliss-reactive ketones (excluding diaryl/α,β-unsaturated/α-hetero) is 2. The zero-order chi connectivity index (χ0) is 43.3. The number of rotatable bonds is 14. The van der Waals surface area contributed by atoms with E-state index >= 15 is 0 Å². The van der Waals surface area contributed by atoms with Crippen molar-refractivity contribution in [3.8, 4) is 23.0 Å². The number of ketones is 2. The Balaban J connectivity index is 0.000000228. The number of aromatic hydroxyl groups is 2. The van der Waals surface area contributed by atoms with Crippen molar-refractivity contribution in [1.29, 1.82) is 2.56 Å². The summed E-state index contributed by atoms with van der Waals surface area (Å²) >= 11 is 19.2. The number of hydrogen-bond donors (Lipinski definition) is 2. The number of carbonyl (C=O) groups excluding carboxylic acids is 2. The van der Waals surface area contributed by atoms with Gasteiger partial charge in [0.15, 0.2) is 11.6 Å². The highest BCUT2D eigenvalue weighted by Crippen LogP contribution is 2.46. The highest BCUT2D eigenvalue weighted by molar-refractivity contribution is 14.2. The minimum atomic E-state index is -0.575. The molecule has 0 bridgehead atoms. The van der Waals surface area contributed by atoms with Crippen LogP contribution in [0.25, 0.3) is 0 Å². The van der Waals surface area contributed by atoms with E-state index < -0.39 is 25.6 Å². The van der Waals surface area contributed by atoms with E-state index in [2.05, 4.69) is 42.4 Å². The monoisotopic (exact) mass is 1150 g/mol. The van der Waals surface area contributed by atoms with Crippen LogP contribution in [0, 0.1) is 13.8 Å². The van der Waals surface area contributed by atoms with E-state index in [1.54, 1.807) is 66.7 Å². The smallest absolute Gasteiger partial charge is 0.180 e. The summed E-state index contributed by atoms with van der Waals surface area (Å²) in [5, 5.41) is 20.5. The van der Waals surface area contributed by atoms with Crippen LogP contribution in [0.2, 0.25) is 10.0 Å². The van der Waals surface area contributed by atoms with Crippen molar-refractivity contribution in [2.75, 3.05) is 0 Å². The van der Waals surface area contributed by atoms with Crippen LogP contribution in [0.4, 0.5) is 0 Å². The molecule has 6 aromatic carbocycles. The summed E-state index contributed by atoms with van der Waals surface area (Å²) in [5.41, 5.74) is 4.42. The number of thioether (sulfide) groups is 2. The average Bonchev–Trinajstić information content (AvgIpc) is 3.26. The van der Waals surface area contributed by atoms with Crippen molar-refractivity contribution in [3.63, 3.8) is 0 Å². The van der Waals surface area contributed by atoms with Gasteiger partial charge in [0.05, 0.1) is 40.4 Å². The van der Waals surface area contributed by atoms with Gasteiger partial charge in [-0.15, -0.1) is 23.5 Å². The molecule has 0 saturated carbocycles.